The van der Waals surface area contributed by atoms with Crippen molar-refractivity contribution in [3.63, 3.8) is 0 Å². The predicted octanol–water partition coefficient (Wildman–Crippen LogP) is 4.75. The molecule has 20 heavy (non-hydrogen) atoms. The van der Waals surface area contributed by atoms with E-state index in [-0.39, 0.29) is 23.0 Å². The summed E-state index contributed by atoms with van der Waals surface area (Å²) >= 11 is 7.38. The lowest BCUT2D eigenvalue weighted by atomic mass is 10.0. The maximum absolute atomic E-state index is 13.2. The second-order valence-electron chi connectivity index (χ2n) is 5.03. The van der Waals surface area contributed by atoms with Crippen LogP contribution in [0.3, 0.4) is 0 Å². The van der Waals surface area contributed by atoms with Gasteiger partial charge in [-0.15, -0.1) is 23.7 Å². The summed E-state index contributed by atoms with van der Waals surface area (Å²) in [7, 11) is 0. The molecule has 1 aromatic heterocycles. The van der Waals surface area contributed by atoms with Gasteiger partial charge in [-0.25, -0.2) is 9.37 Å². The van der Waals surface area contributed by atoms with Crippen LogP contribution in [0, 0.1) is 5.82 Å². The molecule has 0 saturated heterocycles. The summed E-state index contributed by atoms with van der Waals surface area (Å²) in [4.78, 5) is 4.62. The molecule has 2 N–H and O–H groups in total. The topological polar surface area (TPSA) is 38.9 Å². The number of benzene rings is 1. The molecule has 0 radical (unpaired) electrons. The van der Waals surface area contributed by atoms with Crippen molar-refractivity contribution in [2.24, 2.45) is 5.73 Å². The van der Waals surface area contributed by atoms with Gasteiger partial charge < -0.3 is 5.73 Å². The van der Waals surface area contributed by atoms with Crippen LogP contribution in [0.15, 0.2) is 23.6 Å². The number of nitrogens with two attached hydrogens (primary N) is 1. The molecular formula is C14H15Cl2FN2S. The average molecular weight is 333 g/mol. The van der Waals surface area contributed by atoms with Gasteiger partial charge in [0.05, 0.1) is 16.3 Å². The summed E-state index contributed by atoms with van der Waals surface area (Å²) in [5.41, 5.74) is 7.76. The van der Waals surface area contributed by atoms with Gasteiger partial charge in [0.25, 0.3) is 0 Å². The zero-order valence-electron chi connectivity index (χ0n) is 10.7. The maximum Gasteiger partial charge on any atom is 0.141 e. The third-order valence-corrected chi connectivity index (χ3v) is 4.99. The van der Waals surface area contributed by atoms with E-state index in [0.717, 1.165) is 41.9 Å². The highest BCUT2D eigenvalue weighted by Gasteiger charge is 2.34. The van der Waals surface area contributed by atoms with Gasteiger partial charge in [0.2, 0.25) is 0 Å². The summed E-state index contributed by atoms with van der Waals surface area (Å²) in [5.74, 6) is -0.410. The number of rotatable bonds is 2. The van der Waals surface area contributed by atoms with Crippen LogP contribution in [0.4, 0.5) is 4.39 Å². The Balaban J connectivity index is 0.00000147. The summed E-state index contributed by atoms with van der Waals surface area (Å²) in [5, 5.41) is 3.06. The van der Waals surface area contributed by atoms with E-state index in [1.165, 1.54) is 6.07 Å². The van der Waals surface area contributed by atoms with Crippen LogP contribution >= 0.6 is 35.3 Å². The van der Waals surface area contributed by atoms with E-state index in [2.05, 4.69) is 4.98 Å². The molecular weight excluding hydrogens is 318 g/mol. The molecule has 0 aliphatic heterocycles. The number of thiazole rings is 1. The monoisotopic (exact) mass is 332 g/mol. The fraction of sp³-hybridized carbons (Fsp3) is 0.357. The Labute approximate surface area is 132 Å². The third kappa shape index (κ3) is 2.84. The molecule has 0 atom stereocenters. The van der Waals surface area contributed by atoms with Crippen molar-refractivity contribution >= 4 is 35.3 Å². The number of hydrogen-bond donors (Lipinski definition) is 1. The van der Waals surface area contributed by atoms with Crippen molar-refractivity contribution in [1.82, 2.24) is 4.98 Å². The molecule has 6 heteroatoms. The highest BCUT2D eigenvalue weighted by atomic mass is 35.5. The lowest BCUT2D eigenvalue weighted by Gasteiger charge is -2.19. The molecule has 1 fully saturated rings. The second-order valence-corrected chi connectivity index (χ2v) is 6.30. The standard InChI is InChI=1S/C14H14ClFN2S.ClH/c15-10-7-9(3-4-11(10)16)12-8-19-13(18-12)14(17)5-1-2-6-14;/h3-4,7-8H,1-2,5-6,17H2;1H. The highest BCUT2D eigenvalue weighted by molar-refractivity contribution is 7.10. The first-order valence-corrected chi connectivity index (χ1v) is 7.55. The molecule has 1 saturated carbocycles. The minimum absolute atomic E-state index is 0. The molecule has 2 nitrogen and oxygen atoms in total. The van der Waals surface area contributed by atoms with Gasteiger partial charge in [-0.3, -0.25) is 0 Å². The number of nitrogens with zero attached hydrogens (tertiary/aromatic N) is 1. The van der Waals surface area contributed by atoms with E-state index in [1.54, 1.807) is 23.5 Å². The normalized spacial score (nSPS) is 16.9. The largest absolute Gasteiger partial charge is 0.319 e. The Morgan fingerprint density at radius 2 is 2.00 bits per heavy atom. The Kier molecular flexibility index (Phi) is 4.69. The van der Waals surface area contributed by atoms with Gasteiger partial charge in [0.15, 0.2) is 0 Å². The zero-order chi connectivity index (χ0) is 13.5. The fourth-order valence-electron chi connectivity index (χ4n) is 2.51. The highest BCUT2D eigenvalue weighted by Crippen LogP contribution is 2.39. The first-order valence-electron chi connectivity index (χ1n) is 6.29. The Morgan fingerprint density at radius 1 is 1.30 bits per heavy atom. The van der Waals surface area contributed by atoms with E-state index >= 15 is 0 Å². The van der Waals surface area contributed by atoms with E-state index < -0.39 is 5.82 Å². The molecule has 1 heterocycles. The van der Waals surface area contributed by atoms with Crippen LogP contribution in [-0.4, -0.2) is 4.98 Å². The van der Waals surface area contributed by atoms with Crippen molar-refractivity contribution < 1.29 is 4.39 Å². The fourth-order valence-corrected chi connectivity index (χ4v) is 3.69. The number of hydrogen-bond acceptors (Lipinski definition) is 3. The SMILES string of the molecule is Cl.NC1(c2nc(-c3ccc(F)c(Cl)c3)cs2)CCCC1. The van der Waals surface area contributed by atoms with Crippen LogP contribution in [0.5, 0.6) is 0 Å². The van der Waals surface area contributed by atoms with Gasteiger partial charge in [0, 0.05) is 10.9 Å². The lowest BCUT2D eigenvalue weighted by molar-refractivity contribution is 0.459. The quantitative estimate of drug-likeness (QED) is 0.861. The van der Waals surface area contributed by atoms with Gasteiger partial charge in [-0.05, 0) is 31.0 Å². The van der Waals surface area contributed by atoms with Crippen LogP contribution < -0.4 is 5.73 Å². The van der Waals surface area contributed by atoms with E-state index in [4.69, 9.17) is 17.3 Å². The summed E-state index contributed by atoms with van der Waals surface area (Å²) in [6.45, 7) is 0. The average Bonchev–Trinajstić information content (AvgIpc) is 3.02. The van der Waals surface area contributed by atoms with Crippen molar-refractivity contribution in [3.05, 3.63) is 39.4 Å². The molecule has 1 aliphatic carbocycles. The molecule has 3 rings (SSSR count). The molecule has 0 bridgehead atoms. The summed E-state index contributed by atoms with van der Waals surface area (Å²) < 4.78 is 13.2. The smallest absolute Gasteiger partial charge is 0.141 e. The molecule has 1 aromatic carbocycles. The van der Waals surface area contributed by atoms with Crippen LogP contribution in [0.2, 0.25) is 5.02 Å². The first kappa shape index (κ1) is 15.7. The Morgan fingerprint density at radius 3 is 2.65 bits per heavy atom. The number of halogens is 3. The minimum Gasteiger partial charge on any atom is -0.319 e. The van der Waals surface area contributed by atoms with Gasteiger partial charge in [-0.2, -0.15) is 0 Å². The third-order valence-electron chi connectivity index (χ3n) is 3.64. The Hall–Kier alpha value is -0.680. The molecule has 0 spiro atoms. The van der Waals surface area contributed by atoms with Crippen LogP contribution in [-0.2, 0) is 5.54 Å². The van der Waals surface area contributed by atoms with E-state index in [9.17, 15) is 4.39 Å². The van der Waals surface area contributed by atoms with Crippen molar-refractivity contribution in [2.75, 3.05) is 0 Å². The number of aromatic nitrogens is 1. The summed E-state index contributed by atoms with van der Waals surface area (Å²) in [6, 6.07) is 4.66. The van der Waals surface area contributed by atoms with Crippen molar-refractivity contribution in [1.29, 1.82) is 0 Å². The van der Waals surface area contributed by atoms with Gasteiger partial charge >= 0.3 is 0 Å². The van der Waals surface area contributed by atoms with Gasteiger partial charge in [-0.1, -0.05) is 24.4 Å². The zero-order valence-corrected chi connectivity index (χ0v) is 13.1. The predicted molar refractivity (Wildman–Crippen MR) is 84.1 cm³/mol. The molecule has 0 amide bonds. The molecule has 0 unspecified atom stereocenters. The second kappa shape index (κ2) is 5.98. The van der Waals surface area contributed by atoms with Crippen LogP contribution in [0.25, 0.3) is 11.3 Å². The van der Waals surface area contributed by atoms with Crippen molar-refractivity contribution in [3.8, 4) is 11.3 Å². The van der Waals surface area contributed by atoms with Crippen molar-refractivity contribution in [2.45, 2.75) is 31.2 Å². The van der Waals surface area contributed by atoms with Gasteiger partial charge in [0.1, 0.15) is 10.8 Å². The van der Waals surface area contributed by atoms with Crippen LogP contribution in [0.1, 0.15) is 30.7 Å². The Bertz CT molecular complexity index is 609. The van der Waals surface area contributed by atoms with E-state index in [0.29, 0.717) is 0 Å². The lowest BCUT2D eigenvalue weighted by Crippen LogP contribution is -2.32. The first-order chi connectivity index (χ1) is 9.08. The minimum atomic E-state index is -0.410. The summed E-state index contributed by atoms with van der Waals surface area (Å²) in [6.07, 6.45) is 4.30. The molecule has 108 valence electrons. The maximum atomic E-state index is 13.2. The van der Waals surface area contributed by atoms with E-state index in [1.807, 2.05) is 5.38 Å². The molecule has 2 aromatic rings. The molecule has 1 aliphatic rings.